The monoisotopic (exact) mass is 309 g/mol. The Kier molecular flexibility index (Phi) is 6.81. The van der Waals surface area contributed by atoms with Gasteiger partial charge in [-0.2, -0.15) is 0 Å². The first kappa shape index (κ1) is 17.1. The van der Waals surface area contributed by atoms with Crippen LogP contribution < -0.4 is 5.32 Å². The van der Waals surface area contributed by atoms with Crippen molar-refractivity contribution in [1.29, 1.82) is 0 Å². The largest absolute Gasteiger partial charge is 0.464 e. The second kappa shape index (κ2) is 8.36. The standard InChI is InChI=1S/C15H19NO4S/c1-4-19-14(17)12(15(18)20-5-2)16-13(21)11-8-6-10(3)7-9-11/h6-9,12H,4-5H2,1-3H3,(H,16,21). The van der Waals surface area contributed by atoms with Crippen molar-refractivity contribution < 1.29 is 19.1 Å². The minimum absolute atomic E-state index is 0.174. The number of nitrogens with one attached hydrogen (secondary N) is 1. The lowest BCUT2D eigenvalue weighted by Crippen LogP contribution is -2.48. The van der Waals surface area contributed by atoms with Gasteiger partial charge in [0.1, 0.15) is 4.99 Å². The molecule has 5 nitrogen and oxygen atoms in total. The van der Waals surface area contributed by atoms with E-state index in [0.29, 0.717) is 10.6 Å². The number of thiocarbonyl (C=S) groups is 1. The molecule has 0 fully saturated rings. The Morgan fingerprint density at radius 1 is 1.10 bits per heavy atom. The van der Waals surface area contributed by atoms with Crippen LogP contribution in [0.3, 0.4) is 0 Å². The van der Waals surface area contributed by atoms with E-state index in [0.717, 1.165) is 5.56 Å². The molecule has 0 bridgehead atoms. The van der Waals surface area contributed by atoms with Crippen molar-refractivity contribution in [3.63, 3.8) is 0 Å². The van der Waals surface area contributed by atoms with Gasteiger partial charge in [-0.25, -0.2) is 9.59 Å². The Morgan fingerprint density at radius 2 is 1.57 bits per heavy atom. The van der Waals surface area contributed by atoms with Crippen molar-refractivity contribution in [1.82, 2.24) is 5.32 Å². The second-order valence-corrected chi connectivity index (χ2v) is 4.68. The van der Waals surface area contributed by atoms with Gasteiger partial charge in [0, 0.05) is 5.56 Å². The molecular weight excluding hydrogens is 290 g/mol. The maximum Gasteiger partial charge on any atom is 0.340 e. The molecule has 0 unspecified atom stereocenters. The van der Waals surface area contributed by atoms with Crippen LogP contribution in [-0.4, -0.2) is 36.2 Å². The first-order valence-electron chi connectivity index (χ1n) is 6.70. The molecule has 0 radical (unpaired) electrons. The smallest absolute Gasteiger partial charge is 0.340 e. The molecule has 0 atom stereocenters. The molecule has 0 aliphatic rings. The predicted octanol–water partition coefficient (Wildman–Crippen LogP) is 1.75. The molecule has 0 amide bonds. The number of aryl methyl sites for hydroxylation is 1. The third-order valence-corrected chi connectivity index (χ3v) is 2.99. The number of carbonyl (C=O) groups excluding carboxylic acids is 2. The Labute approximate surface area is 129 Å². The lowest BCUT2D eigenvalue weighted by molar-refractivity contribution is -0.157. The third-order valence-electron chi connectivity index (χ3n) is 2.63. The van der Waals surface area contributed by atoms with Gasteiger partial charge in [0.25, 0.3) is 0 Å². The molecule has 21 heavy (non-hydrogen) atoms. The molecule has 0 saturated heterocycles. The average molecular weight is 309 g/mol. The third kappa shape index (κ3) is 5.15. The Morgan fingerprint density at radius 3 is 2.00 bits per heavy atom. The number of benzene rings is 1. The lowest BCUT2D eigenvalue weighted by atomic mass is 10.1. The highest BCUT2D eigenvalue weighted by molar-refractivity contribution is 7.80. The minimum Gasteiger partial charge on any atom is -0.464 e. The highest BCUT2D eigenvalue weighted by atomic mass is 32.1. The highest BCUT2D eigenvalue weighted by Crippen LogP contribution is 2.05. The van der Waals surface area contributed by atoms with E-state index in [4.69, 9.17) is 21.7 Å². The Hall–Kier alpha value is -1.95. The van der Waals surface area contributed by atoms with Crippen molar-refractivity contribution in [2.75, 3.05) is 13.2 Å². The van der Waals surface area contributed by atoms with E-state index in [1.165, 1.54) is 0 Å². The second-order valence-electron chi connectivity index (χ2n) is 4.28. The van der Waals surface area contributed by atoms with Crippen LogP contribution in [0.15, 0.2) is 24.3 Å². The molecule has 0 heterocycles. The molecule has 1 aromatic rings. The first-order valence-corrected chi connectivity index (χ1v) is 7.11. The van der Waals surface area contributed by atoms with Gasteiger partial charge in [-0.15, -0.1) is 0 Å². The van der Waals surface area contributed by atoms with E-state index in [1.54, 1.807) is 13.8 Å². The van der Waals surface area contributed by atoms with Crippen LogP contribution in [0.4, 0.5) is 0 Å². The molecule has 0 aliphatic heterocycles. The van der Waals surface area contributed by atoms with Crippen LogP contribution in [0.5, 0.6) is 0 Å². The van der Waals surface area contributed by atoms with E-state index < -0.39 is 18.0 Å². The predicted molar refractivity (Wildman–Crippen MR) is 83.1 cm³/mol. The van der Waals surface area contributed by atoms with Crippen molar-refractivity contribution in [2.45, 2.75) is 26.8 Å². The molecular formula is C15H19NO4S. The molecule has 0 spiro atoms. The van der Waals surface area contributed by atoms with Crippen LogP contribution in [-0.2, 0) is 19.1 Å². The topological polar surface area (TPSA) is 64.6 Å². The number of esters is 2. The molecule has 114 valence electrons. The van der Waals surface area contributed by atoms with Crippen LogP contribution in [0.25, 0.3) is 0 Å². The van der Waals surface area contributed by atoms with Crippen LogP contribution >= 0.6 is 12.2 Å². The summed E-state index contributed by atoms with van der Waals surface area (Å²) in [7, 11) is 0. The highest BCUT2D eigenvalue weighted by Gasteiger charge is 2.30. The van der Waals surface area contributed by atoms with Gasteiger partial charge < -0.3 is 14.8 Å². The summed E-state index contributed by atoms with van der Waals surface area (Å²) >= 11 is 5.22. The van der Waals surface area contributed by atoms with E-state index in [1.807, 2.05) is 31.2 Å². The first-order chi connectivity index (χ1) is 9.99. The van der Waals surface area contributed by atoms with Gasteiger partial charge in [-0.05, 0) is 20.8 Å². The van der Waals surface area contributed by atoms with E-state index in [-0.39, 0.29) is 13.2 Å². The van der Waals surface area contributed by atoms with Gasteiger partial charge >= 0.3 is 11.9 Å². The van der Waals surface area contributed by atoms with Gasteiger partial charge in [0.2, 0.25) is 6.04 Å². The molecule has 1 rings (SSSR count). The Balaban J connectivity index is 2.84. The van der Waals surface area contributed by atoms with Crippen LogP contribution in [0, 0.1) is 6.92 Å². The number of hydrogen-bond acceptors (Lipinski definition) is 5. The molecule has 0 aromatic heterocycles. The Bertz CT molecular complexity index is 495. The zero-order chi connectivity index (χ0) is 15.8. The number of carbonyl (C=O) groups is 2. The molecule has 0 aliphatic carbocycles. The molecule has 1 aromatic carbocycles. The van der Waals surface area contributed by atoms with Crippen LogP contribution in [0.2, 0.25) is 0 Å². The van der Waals surface area contributed by atoms with Crippen molar-refractivity contribution >= 4 is 29.1 Å². The quantitative estimate of drug-likeness (QED) is 0.491. The molecule has 6 heteroatoms. The fourth-order valence-corrected chi connectivity index (χ4v) is 1.84. The summed E-state index contributed by atoms with van der Waals surface area (Å²) < 4.78 is 9.73. The number of ether oxygens (including phenoxy) is 2. The summed E-state index contributed by atoms with van der Waals surface area (Å²) in [5.74, 6) is -1.41. The summed E-state index contributed by atoms with van der Waals surface area (Å²) in [4.78, 5) is 24.0. The summed E-state index contributed by atoms with van der Waals surface area (Å²) in [6.07, 6.45) is 0. The van der Waals surface area contributed by atoms with E-state index >= 15 is 0 Å². The van der Waals surface area contributed by atoms with Gasteiger partial charge in [0.15, 0.2) is 0 Å². The summed E-state index contributed by atoms with van der Waals surface area (Å²) in [6.45, 7) is 5.64. The van der Waals surface area contributed by atoms with Crippen molar-refractivity contribution in [2.24, 2.45) is 0 Å². The van der Waals surface area contributed by atoms with Crippen molar-refractivity contribution in [3.05, 3.63) is 35.4 Å². The van der Waals surface area contributed by atoms with E-state index in [9.17, 15) is 9.59 Å². The maximum atomic E-state index is 11.8. The maximum absolute atomic E-state index is 11.8. The van der Waals surface area contributed by atoms with Gasteiger partial charge in [-0.3, -0.25) is 0 Å². The fraction of sp³-hybridized carbons (Fsp3) is 0.400. The van der Waals surface area contributed by atoms with E-state index in [2.05, 4.69) is 5.32 Å². The minimum atomic E-state index is -1.25. The summed E-state index contributed by atoms with van der Waals surface area (Å²) in [5.41, 5.74) is 1.81. The molecule has 1 N–H and O–H groups in total. The lowest BCUT2D eigenvalue weighted by Gasteiger charge is -2.17. The zero-order valence-corrected chi connectivity index (χ0v) is 13.2. The zero-order valence-electron chi connectivity index (χ0n) is 12.3. The van der Waals surface area contributed by atoms with Gasteiger partial charge in [0.05, 0.1) is 13.2 Å². The van der Waals surface area contributed by atoms with Crippen LogP contribution in [0.1, 0.15) is 25.0 Å². The number of hydrogen-bond donors (Lipinski definition) is 1. The molecule has 0 saturated carbocycles. The van der Waals surface area contributed by atoms with Gasteiger partial charge in [-0.1, -0.05) is 42.0 Å². The summed E-state index contributed by atoms with van der Waals surface area (Å²) in [5, 5.41) is 2.70. The normalized spacial score (nSPS) is 10.1. The average Bonchev–Trinajstić information content (AvgIpc) is 2.45. The SMILES string of the molecule is CCOC(=O)C(NC(=S)c1ccc(C)cc1)C(=O)OCC. The summed E-state index contributed by atoms with van der Waals surface area (Å²) in [6, 6.07) is 6.18. The fourth-order valence-electron chi connectivity index (χ4n) is 1.58. The van der Waals surface area contributed by atoms with Crippen molar-refractivity contribution in [3.8, 4) is 0 Å². The number of rotatable bonds is 6.